The van der Waals surface area contributed by atoms with E-state index >= 15 is 0 Å². The van der Waals surface area contributed by atoms with E-state index in [4.69, 9.17) is 14.9 Å². The lowest BCUT2D eigenvalue weighted by molar-refractivity contribution is 0.0230. The second-order valence-electron chi connectivity index (χ2n) is 3.45. The van der Waals surface area contributed by atoms with Crippen LogP contribution in [0.4, 0.5) is 0 Å². The lowest BCUT2D eigenvalue weighted by Crippen LogP contribution is -2.23. The van der Waals surface area contributed by atoms with Crippen molar-refractivity contribution in [3.05, 3.63) is 0 Å². The van der Waals surface area contributed by atoms with Crippen molar-refractivity contribution in [2.75, 3.05) is 26.4 Å². The maximum atomic E-state index is 8.82. The van der Waals surface area contributed by atoms with Crippen molar-refractivity contribution in [2.45, 2.75) is 20.3 Å². The van der Waals surface area contributed by atoms with Crippen molar-refractivity contribution in [3.8, 4) is 0 Å². The number of hydrogen-bond donors (Lipinski definition) is 2. The highest BCUT2D eigenvalue weighted by atomic mass is 16.5. The molecule has 0 aliphatic carbocycles. The zero-order valence-corrected chi connectivity index (χ0v) is 7.34. The van der Waals surface area contributed by atoms with E-state index in [0.29, 0.717) is 19.6 Å². The van der Waals surface area contributed by atoms with Crippen molar-refractivity contribution in [1.82, 2.24) is 0 Å². The summed E-state index contributed by atoms with van der Waals surface area (Å²) >= 11 is 0. The van der Waals surface area contributed by atoms with E-state index in [1.807, 2.05) is 13.8 Å². The highest BCUT2D eigenvalue weighted by molar-refractivity contribution is 4.64. The molecule has 2 N–H and O–H groups in total. The Morgan fingerprint density at radius 3 is 2.36 bits per heavy atom. The molecule has 0 aromatic rings. The number of ether oxygens (including phenoxy) is 1. The van der Waals surface area contributed by atoms with E-state index < -0.39 is 0 Å². The molecule has 0 aromatic carbocycles. The Morgan fingerprint density at radius 1 is 1.27 bits per heavy atom. The van der Waals surface area contributed by atoms with Crippen LogP contribution >= 0.6 is 0 Å². The van der Waals surface area contributed by atoms with Crippen molar-refractivity contribution in [1.29, 1.82) is 0 Å². The highest BCUT2D eigenvalue weighted by Gasteiger charge is 2.15. The van der Waals surface area contributed by atoms with Crippen LogP contribution in [0.3, 0.4) is 0 Å². The first-order chi connectivity index (χ1) is 5.12. The molecular formula is C8H18O3. The maximum Gasteiger partial charge on any atom is 0.0539 e. The minimum absolute atomic E-state index is 0.131. The topological polar surface area (TPSA) is 49.7 Å². The van der Waals surface area contributed by atoms with Gasteiger partial charge in [0.2, 0.25) is 0 Å². The summed E-state index contributed by atoms with van der Waals surface area (Å²) in [5.41, 5.74) is -0.157. The monoisotopic (exact) mass is 162 g/mol. The number of aliphatic hydroxyl groups is 2. The Labute approximate surface area is 68.0 Å². The van der Waals surface area contributed by atoms with E-state index in [1.165, 1.54) is 0 Å². The van der Waals surface area contributed by atoms with Gasteiger partial charge in [0, 0.05) is 18.6 Å². The summed E-state index contributed by atoms with van der Waals surface area (Å²) in [6, 6.07) is 0. The van der Waals surface area contributed by atoms with Gasteiger partial charge in [0.25, 0.3) is 0 Å². The van der Waals surface area contributed by atoms with Crippen molar-refractivity contribution >= 4 is 0 Å². The molecule has 3 nitrogen and oxygen atoms in total. The summed E-state index contributed by atoms with van der Waals surface area (Å²) in [5.74, 6) is 0. The summed E-state index contributed by atoms with van der Waals surface area (Å²) in [6.07, 6.45) is 0.668. The molecule has 0 bridgehead atoms. The predicted molar refractivity (Wildman–Crippen MR) is 43.4 cm³/mol. The van der Waals surface area contributed by atoms with Gasteiger partial charge in [-0.05, 0) is 6.42 Å². The molecule has 0 fully saturated rings. The fraction of sp³-hybridized carbons (Fsp3) is 1.00. The van der Waals surface area contributed by atoms with Gasteiger partial charge in [0.15, 0.2) is 0 Å². The zero-order chi connectivity index (χ0) is 8.74. The Balaban J connectivity index is 3.23. The average Bonchev–Trinajstić information content (AvgIpc) is 1.99. The van der Waals surface area contributed by atoms with E-state index in [2.05, 4.69) is 0 Å². The standard InChI is InChI=1S/C8H18O3/c1-8(2,6-10)7-11-5-3-4-9/h9-10H,3-7H2,1-2H3. The number of hydrogen-bond acceptors (Lipinski definition) is 3. The molecule has 0 saturated carbocycles. The van der Waals surface area contributed by atoms with E-state index in [-0.39, 0.29) is 18.6 Å². The van der Waals surface area contributed by atoms with Gasteiger partial charge in [-0.15, -0.1) is 0 Å². The van der Waals surface area contributed by atoms with E-state index in [0.717, 1.165) is 0 Å². The summed E-state index contributed by atoms with van der Waals surface area (Å²) in [6.45, 7) is 5.28. The van der Waals surface area contributed by atoms with Gasteiger partial charge in [-0.2, -0.15) is 0 Å². The van der Waals surface area contributed by atoms with Crippen LogP contribution in [0.1, 0.15) is 20.3 Å². The predicted octanol–water partition coefficient (Wildman–Crippen LogP) is 0.404. The first kappa shape index (κ1) is 10.9. The molecule has 0 aromatic heterocycles. The highest BCUT2D eigenvalue weighted by Crippen LogP contribution is 2.13. The van der Waals surface area contributed by atoms with Crippen LogP contribution in [0.2, 0.25) is 0 Å². The molecule has 0 rings (SSSR count). The number of aliphatic hydroxyl groups excluding tert-OH is 2. The summed E-state index contributed by atoms with van der Waals surface area (Å²) < 4.78 is 5.21. The van der Waals surface area contributed by atoms with Gasteiger partial charge < -0.3 is 14.9 Å². The lowest BCUT2D eigenvalue weighted by atomic mass is 9.97. The summed E-state index contributed by atoms with van der Waals surface area (Å²) in [4.78, 5) is 0. The molecule has 0 heterocycles. The fourth-order valence-corrected chi connectivity index (χ4v) is 0.561. The molecule has 0 aliphatic rings. The van der Waals surface area contributed by atoms with Gasteiger partial charge in [-0.3, -0.25) is 0 Å². The minimum Gasteiger partial charge on any atom is -0.396 e. The molecule has 0 amide bonds. The Bertz CT molecular complexity index is 91.3. The largest absolute Gasteiger partial charge is 0.396 e. The average molecular weight is 162 g/mol. The molecule has 0 spiro atoms. The van der Waals surface area contributed by atoms with Crippen LogP contribution in [0, 0.1) is 5.41 Å². The molecule has 11 heavy (non-hydrogen) atoms. The third-order valence-electron chi connectivity index (χ3n) is 1.37. The second-order valence-corrected chi connectivity index (χ2v) is 3.45. The summed E-state index contributed by atoms with van der Waals surface area (Å²) in [7, 11) is 0. The third-order valence-corrected chi connectivity index (χ3v) is 1.37. The van der Waals surface area contributed by atoms with Crippen molar-refractivity contribution in [2.24, 2.45) is 5.41 Å². The summed E-state index contributed by atoms with van der Waals surface area (Å²) in [5, 5.41) is 17.2. The Hall–Kier alpha value is -0.120. The molecule has 3 heteroatoms. The van der Waals surface area contributed by atoms with Crippen LogP contribution in [-0.2, 0) is 4.74 Å². The molecule has 0 radical (unpaired) electrons. The van der Waals surface area contributed by atoms with Crippen LogP contribution in [0.15, 0.2) is 0 Å². The zero-order valence-electron chi connectivity index (χ0n) is 7.34. The third kappa shape index (κ3) is 6.28. The molecule has 0 unspecified atom stereocenters. The van der Waals surface area contributed by atoms with E-state index in [1.54, 1.807) is 0 Å². The molecule has 0 atom stereocenters. The smallest absolute Gasteiger partial charge is 0.0539 e. The SMILES string of the molecule is CC(C)(CO)COCCCO. The molecule has 68 valence electrons. The first-order valence-electron chi connectivity index (χ1n) is 3.92. The Kier molecular flexibility index (Phi) is 5.46. The maximum absolute atomic E-state index is 8.82. The quantitative estimate of drug-likeness (QED) is 0.556. The number of rotatable bonds is 6. The van der Waals surface area contributed by atoms with Gasteiger partial charge in [0.1, 0.15) is 0 Å². The fourth-order valence-electron chi connectivity index (χ4n) is 0.561. The molecule has 0 saturated heterocycles. The second kappa shape index (κ2) is 5.52. The van der Waals surface area contributed by atoms with Crippen molar-refractivity contribution in [3.63, 3.8) is 0 Å². The Morgan fingerprint density at radius 2 is 1.91 bits per heavy atom. The minimum atomic E-state index is -0.157. The van der Waals surface area contributed by atoms with E-state index in [9.17, 15) is 0 Å². The van der Waals surface area contributed by atoms with Gasteiger partial charge in [-0.1, -0.05) is 13.8 Å². The first-order valence-corrected chi connectivity index (χ1v) is 3.92. The normalized spacial score (nSPS) is 12.0. The van der Waals surface area contributed by atoms with Gasteiger partial charge in [0.05, 0.1) is 13.2 Å². The van der Waals surface area contributed by atoms with Crippen LogP contribution in [-0.4, -0.2) is 36.6 Å². The molecule has 0 aliphatic heterocycles. The van der Waals surface area contributed by atoms with Crippen molar-refractivity contribution < 1.29 is 14.9 Å². The van der Waals surface area contributed by atoms with Crippen LogP contribution < -0.4 is 0 Å². The van der Waals surface area contributed by atoms with Gasteiger partial charge in [-0.25, -0.2) is 0 Å². The van der Waals surface area contributed by atoms with Crippen LogP contribution in [0.25, 0.3) is 0 Å². The molecular weight excluding hydrogens is 144 g/mol. The lowest BCUT2D eigenvalue weighted by Gasteiger charge is -2.20. The van der Waals surface area contributed by atoms with Gasteiger partial charge >= 0.3 is 0 Å². The van der Waals surface area contributed by atoms with Crippen LogP contribution in [0.5, 0.6) is 0 Å².